The van der Waals surface area contributed by atoms with Gasteiger partial charge in [-0.2, -0.15) is 0 Å². The molecule has 2 aromatic carbocycles. The van der Waals surface area contributed by atoms with Gasteiger partial charge in [-0.1, -0.05) is 27.3 Å². The molecule has 0 aliphatic heterocycles. The molecule has 0 bridgehead atoms. The fourth-order valence-corrected chi connectivity index (χ4v) is 3.37. The zero-order valence-corrected chi connectivity index (χ0v) is 15.2. The normalized spacial score (nSPS) is 10.6. The van der Waals surface area contributed by atoms with E-state index in [1.165, 1.54) is 11.3 Å². The minimum atomic E-state index is -0.224. The van der Waals surface area contributed by atoms with Gasteiger partial charge in [0, 0.05) is 10.2 Å². The summed E-state index contributed by atoms with van der Waals surface area (Å²) in [5.41, 5.74) is 5.09. The molecule has 0 aliphatic carbocycles. The first-order valence-corrected chi connectivity index (χ1v) is 8.72. The van der Waals surface area contributed by atoms with Crippen molar-refractivity contribution in [1.82, 2.24) is 4.98 Å². The smallest absolute Gasteiger partial charge is 0.262 e. The molecule has 0 fully saturated rings. The predicted molar refractivity (Wildman–Crippen MR) is 100 cm³/mol. The molecule has 1 heterocycles. The average Bonchev–Trinajstić information content (AvgIpc) is 2.98. The molecule has 6 nitrogen and oxygen atoms in total. The van der Waals surface area contributed by atoms with Crippen LogP contribution in [0.1, 0.15) is 5.56 Å². The predicted octanol–water partition coefficient (Wildman–Crippen LogP) is 3.67. The summed E-state index contributed by atoms with van der Waals surface area (Å²) in [5.74, 6) is 5.81. The van der Waals surface area contributed by atoms with E-state index in [0.29, 0.717) is 16.6 Å². The Hall–Kier alpha value is -2.16. The summed E-state index contributed by atoms with van der Waals surface area (Å²) in [5, 5.41) is 3.47. The van der Waals surface area contributed by atoms with Gasteiger partial charge in [0.05, 0.1) is 10.2 Å². The minimum absolute atomic E-state index is 0.0585. The Morgan fingerprint density at radius 3 is 2.79 bits per heavy atom. The average molecular weight is 407 g/mol. The third-order valence-electron chi connectivity index (χ3n) is 3.28. The quantitative estimate of drug-likeness (QED) is 0.444. The minimum Gasteiger partial charge on any atom is -0.484 e. The summed E-state index contributed by atoms with van der Waals surface area (Å²) in [6.45, 7) is 1.88. The van der Waals surface area contributed by atoms with E-state index in [1.807, 2.05) is 31.2 Å². The standard InChI is InChI=1S/C16H15BrN4O2S/c1-9-6-11(7-13-15(9)20-16(21-18)24-13)19-14(22)8-23-12-4-2-10(17)3-5-12/h2-7H,8,18H2,1H3,(H,19,22)(H,20,21). The number of hydrogen-bond donors (Lipinski definition) is 3. The van der Waals surface area contributed by atoms with Gasteiger partial charge in [0.1, 0.15) is 5.75 Å². The van der Waals surface area contributed by atoms with E-state index >= 15 is 0 Å². The largest absolute Gasteiger partial charge is 0.484 e. The fraction of sp³-hybridized carbons (Fsp3) is 0.125. The van der Waals surface area contributed by atoms with Crippen molar-refractivity contribution in [3.05, 3.63) is 46.4 Å². The van der Waals surface area contributed by atoms with Gasteiger partial charge in [0.15, 0.2) is 11.7 Å². The van der Waals surface area contributed by atoms with Crippen molar-refractivity contribution in [1.29, 1.82) is 0 Å². The maximum atomic E-state index is 12.1. The highest BCUT2D eigenvalue weighted by Crippen LogP contribution is 2.30. The molecule has 0 aliphatic rings. The van der Waals surface area contributed by atoms with Gasteiger partial charge in [0.2, 0.25) is 0 Å². The van der Waals surface area contributed by atoms with E-state index in [4.69, 9.17) is 10.6 Å². The van der Waals surface area contributed by atoms with Gasteiger partial charge >= 0.3 is 0 Å². The highest BCUT2D eigenvalue weighted by Gasteiger charge is 2.10. The molecule has 124 valence electrons. The van der Waals surface area contributed by atoms with Crippen molar-refractivity contribution in [3.63, 3.8) is 0 Å². The number of halogens is 1. The number of thiazole rings is 1. The van der Waals surface area contributed by atoms with Gasteiger partial charge in [0.25, 0.3) is 5.91 Å². The van der Waals surface area contributed by atoms with Gasteiger partial charge < -0.3 is 10.1 Å². The van der Waals surface area contributed by atoms with E-state index in [9.17, 15) is 4.79 Å². The van der Waals surface area contributed by atoms with Crippen LogP contribution in [0.4, 0.5) is 10.8 Å². The van der Waals surface area contributed by atoms with Gasteiger partial charge in [-0.15, -0.1) is 0 Å². The highest BCUT2D eigenvalue weighted by molar-refractivity contribution is 9.10. The van der Waals surface area contributed by atoms with Crippen LogP contribution in [0.25, 0.3) is 10.2 Å². The summed E-state index contributed by atoms with van der Waals surface area (Å²) in [7, 11) is 0. The molecule has 0 saturated carbocycles. The van der Waals surface area contributed by atoms with Crippen LogP contribution in [0, 0.1) is 6.92 Å². The van der Waals surface area contributed by atoms with E-state index in [-0.39, 0.29) is 12.5 Å². The molecule has 24 heavy (non-hydrogen) atoms. The molecule has 0 atom stereocenters. The summed E-state index contributed by atoms with van der Waals surface area (Å²) in [4.78, 5) is 16.4. The van der Waals surface area contributed by atoms with Crippen LogP contribution in [0.5, 0.6) is 5.75 Å². The molecule has 1 amide bonds. The number of nitrogen functional groups attached to an aromatic ring is 1. The van der Waals surface area contributed by atoms with Crippen molar-refractivity contribution < 1.29 is 9.53 Å². The molecule has 0 saturated heterocycles. The molecular formula is C16H15BrN4O2S. The van der Waals surface area contributed by atoms with Crippen LogP contribution in [-0.2, 0) is 4.79 Å². The molecule has 1 aromatic heterocycles. The highest BCUT2D eigenvalue weighted by atomic mass is 79.9. The van der Waals surface area contributed by atoms with Crippen LogP contribution in [0.2, 0.25) is 0 Å². The van der Waals surface area contributed by atoms with Crippen LogP contribution < -0.4 is 21.3 Å². The Kier molecular flexibility index (Phi) is 4.98. The lowest BCUT2D eigenvalue weighted by Crippen LogP contribution is -2.20. The third kappa shape index (κ3) is 3.84. The van der Waals surface area contributed by atoms with E-state index < -0.39 is 0 Å². The number of nitrogens with two attached hydrogens (primary N) is 1. The van der Waals surface area contributed by atoms with Crippen LogP contribution in [-0.4, -0.2) is 17.5 Å². The number of carbonyl (C=O) groups excluding carboxylic acids is 1. The summed E-state index contributed by atoms with van der Waals surface area (Å²) in [6, 6.07) is 11.1. The second-order valence-electron chi connectivity index (χ2n) is 5.09. The van der Waals surface area contributed by atoms with Crippen LogP contribution in [0.15, 0.2) is 40.9 Å². The number of fused-ring (bicyclic) bond motifs is 1. The lowest BCUT2D eigenvalue weighted by molar-refractivity contribution is -0.118. The number of nitrogens with one attached hydrogen (secondary N) is 2. The third-order valence-corrected chi connectivity index (χ3v) is 4.74. The van der Waals surface area contributed by atoms with E-state index in [0.717, 1.165) is 20.3 Å². The van der Waals surface area contributed by atoms with Gasteiger partial charge in [-0.05, 0) is 48.9 Å². The molecule has 0 radical (unpaired) electrons. The van der Waals surface area contributed by atoms with Crippen molar-refractivity contribution in [3.8, 4) is 5.75 Å². The Morgan fingerprint density at radius 1 is 1.33 bits per heavy atom. The summed E-state index contributed by atoms with van der Waals surface area (Å²) < 4.78 is 7.37. The SMILES string of the molecule is Cc1cc(NC(=O)COc2ccc(Br)cc2)cc2sc(NN)nc12. The molecule has 4 N–H and O–H groups in total. The van der Waals surface area contributed by atoms with Gasteiger partial charge in [-0.3, -0.25) is 10.2 Å². The van der Waals surface area contributed by atoms with Crippen LogP contribution in [0.3, 0.4) is 0 Å². The number of hydrazine groups is 1. The maximum absolute atomic E-state index is 12.1. The fourth-order valence-electron chi connectivity index (χ4n) is 2.21. The number of benzene rings is 2. The second-order valence-corrected chi connectivity index (χ2v) is 7.04. The molecule has 0 unspecified atom stereocenters. The number of aromatic nitrogens is 1. The number of carbonyl (C=O) groups is 1. The zero-order valence-electron chi connectivity index (χ0n) is 12.8. The zero-order chi connectivity index (χ0) is 17.1. The number of ether oxygens (including phenoxy) is 1. The Bertz CT molecular complexity index is 880. The molecule has 3 aromatic rings. The Labute approximate surface area is 151 Å². The molecule has 0 spiro atoms. The van der Waals surface area contributed by atoms with E-state index in [2.05, 4.69) is 31.7 Å². The number of amides is 1. The van der Waals surface area contributed by atoms with Crippen molar-refractivity contribution in [2.45, 2.75) is 6.92 Å². The maximum Gasteiger partial charge on any atom is 0.262 e. The Balaban J connectivity index is 1.67. The lowest BCUT2D eigenvalue weighted by Gasteiger charge is -2.08. The molecular weight excluding hydrogens is 392 g/mol. The van der Waals surface area contributed by atoms with E-state index in [1.54, 1.807) is 12.1 Å². The number of rotatable bonds is 5. The summed E-state index contributed by atoms with van der Waals surface area (Å²) >= 11 is 4.78. The van der Waals surface area contributed by atoms with Crippen molar-refractivity contribution in [2.75, 3.05) is 17.3 Å². The van der Waals surface area contributed by atoms with Crippen molar-refractivity contribution >= 4 is 54.2 Å². The first-order valence-electron chi connectivity index (χ1n) is 7.11. The first kappa shape index (κ1) is 16.7. The number of nitrogens with zero attached hydrogens (tertiary/aromatic N) is 1. The molecule has 3 rings (SSSR count). The monoisotopic (exact) mass is 406 g/mol. The summed E-state index contributed by atoms with van der Waals surface area (Å²) in [6.07, 6.45) is 0. The number of hydrogen-bond acceptors (Lipinski definition) is 6. The topological polar surface area (TPSA) is 89.3 Å². The number of aryl methyl sites for hydroxylation is 1. The second kappa shape index (κ2) is 7.16. The lowest BCUT2D eigenvalue weighted by atomic mass is 10.2. The van der Waals surface area contributed by atoms with Crippen molar-refractivity contribution in [2.24, 2.45) is 5.84 Å². The van der Waals surface area contributed by atoms with Crippen LogP contribution >= 0.6 is 27.3 Å². The molecule has 8 heteroatoms. The first-order chi connectivity index (χ1) is 11.5. The van der Waals surface area contributed by atoms with Gasteiger partial charge in [-0.25, -0.2) is 10.8 Å². The number of anilines is 2. The Morgan fingerprint density at radius 2 is 2.08 bits per heavy atom.